The van der Waals surface area contributed by atoms with Gasteiger partial charge in [0.15, 0.2) is 0 Å². The molecular weight excluding hydrogens is 529 g/mol. The third-order valence-corrected chi connectivity index (χ3v) is 8.19. The van der Waals surface area contributed by atoms with E-state index in [1.54, 1.807) is 62.4 Å². The van der Waals surface area contributed by atoms with Gasteiger partial charge in [0, 0.05) is 18.1 Å². The molecule has 0 aliphatic carbocycles. The molecule has 0 radical (unpaired) electrons. The molecule has 0 aromatic heterocycles. The van der Waals surface area contributed by atoms with Crippen molar-refractivity contribution in [3.05, 3.63) is 94.8 Å². The van der Waals surface area contributed by atoms with Crippen molar-refractivity contribution in [2.24, 2.45) is 0 Å². The highest BCUT2D eigenvalue weighted by Gasteiger charge is 2.33. The van der Waals surface area contributed by atoms with Crippen molar-refractivity contribution in [2.75, 3.05) is 17.4 Å². The van der Waals surface area contributed by atoms with Crippen LogP contribution in [0.2, 0.25) is 5.02 Å². The van der Waals surface area contributed by atoms with Crippen LogP contribution in [0.4, 0.5) is 10.1 Å². The summed E-state index contributed by atoms with van der Waals surface area (Å²) >= 11 is 6.37. The lowest BCUT2D eigenvalue weighted by Gasteiger charge is -2.33. The number of carbonyl (C=O) groups excluding carboxylic acids is 2. The third-order valence-electron chi connectivity index (χ3n) is 6.04. The van der Waals surface area contributed by atoms with Crippen molar-refractivity contribution in [1.82, 2.24) is 10.2 Å². The molecule has 3 aromatic carbocycles. The number of sulfonamides is 1. The predicted molar refractivity (Wildman–Crippen MR) is 147 cm³/mol. The van der Waals surface area contributed by atoms with E-state index in [0.29, 0.717) is 23.6 Å². The minimum absolute atomic E-state index is 0.00643. The largest absolute Gasteiger partial charge is 0.355 e. The fourth-order valence-electron chi connectivity index (χ4n) is 4.00. The summed E-state index contributed by atoms with van der Waals surface area (Å²) in [6, 6.07) is 17.2. The van der Waals surface area contributed by atoms with E-state index in [9.17, 15) is 22.4 Å². The molecule has 1 atom stereocenters. The van der Waals surface area contributed by atoms with Gasteiger partial charge in [0.2, 0.25) is 11.8 Å². The summed E-state index contributed by atoms with van der Waals surface area (Å²) < 4.78 is 41.9. The van der Waals surface area contributed by atoms with Gasteiger partial charge in [-0.1, -0.05) is 54.4 Å². The van der Waals surface area contributed by atoms with E-state index in [1.165, 1.54) is 4.90 Å². The number of carbonyl (C=O) groups is 2. The van der Waals surface area contributed by atoms with E-state index in [2.05, 4.69) is 5.32 Å². The van der Waals surface area contributed by atoms with E-state index < -0.39 is 34.3 Å². The minimum atomic E-state index is -4.26. The third kappa shape index (κ3) is 6.90. The van der Waals surface area contributed by atoms with Crippen molar-refractivity contribution in [3.63, 3.8) is 0 Å². The normalized spacial score (nSPS) is 12.0. The average Bonchev–Trinajstić information content (AvgIpc) is 2.89. The van der Waals surface area contributed by atoms with Crippen LogP contribution in [-0.4, -0.2) is 44.3 Å². The molecule has 0 heterocycles. The molecule has 7 nitrogen and oxygen atoms in total. The summed E-state index contributed by atoms with van der Waals surface area (Å²) in [6.45, 7) is 5.21. The Hall–Kier alpha value is -3.43. The molecule has 10 heteroatoms. The summed E-state index contributed by atoms with van der Waals surface area (Å²) in [6.07, 6.45) is 0.303. The first kappa shape index (κ1) is 29.1. The van der Waals surface area contributed by atoms with E-state index in [1.807, 2.05) is 6.92 Å². The maximum Gasteiger partial charge on any atom is 0.264 e. The summed E-state index contributed by atoms with van der Waals surface area (Å²) in [4.78, 5) is 28.0. The van der Waals surface area contributed by atoms with Crippen LogP contribution in [-0.2, 0) is 26.2 Å². The minimum Gasteiger partial charge on any atom is -0.355 e. The topological polar surface area (TPSA) is 86.8 Å². The van der Waals surface area contributed by atoms with Crippen LogP contribution >= 0.6 is 11.6 Å². The fourth-order valence-corrected chi connectivity index (χ4v) is 5.60. The standard InChI is InChI=1S/C28H31ClFN3O4S/c1-4-26(28(35)31-5-2)32(18-21-8-6-7-9-25(21)29)27(34)19-33(23-14-10-20(3)11-15-23)38(36,37)24-16-12-22(30)13-17-24/h6-17,26H,4-5,18-19H2,1-3H3,(H,31,35)/t26-/m0/s1. The Morgan fingerprint density at radius 2 is 1.61 bits per heavy atom. The predicted octanol–water partition coefficient (Wildman–Crippen LogP) is 4.93. The monoisotopic (exact) mass is 559 g/mol. The number of likely N-dealkylation sites (N-methyl/N-ethyl adjacent to an activating group) is 1. The number of nitrogens with one attached hydrogen (secondary N) is 1. The number of hydrogen-bond donors (Lipinski definition) is 1. The van der Waals surface area contributed by atoms with Crippen molar-refractivity contribution in [1.29, 1.82) is 0 Å². The van der Waals surface area contributed by atoms with E-state index >= 15 is 0 Å². The van der Waals surface area contributed by atoms with Crippen molar-refractivity contribution < 1.29 is 22.4 Å². The molecule has 0 fully saturated rings. The molecular formula is C28H31ClFN3O4S. The lowest BCUT2D eigenvalue weighted by Crippen LogP contribution is -2.52. The van der Waals surface area contributed by atoms with Crippen molar-refractivity contribution in [2.45, 2.75) is 44.7 Å². The highest BCUT2D eigenvalue weighted by molar-refractivity contribution is 7.92. The van der Waals surface area contributed by atoms with Gasteiger partial charge in [-0.3, -0.25) is 13.9 Å². The first-order valence-corrected chi connectivity index (χ1v) is 14.1. The molecule has 0 spiro atoms. The number of halogens is 2. The molecule has 1 N–H and O–H groups in total. The molecule has 0 unspecified atom stereocenters. The zero-order chi connectivity index (χ0) is 27.9. The molecule has 38 heavy (non-hydrogen) atoms. The SMILES string of the molecule is CCNC(=O)[C@H](CC)N(Cc1ccccc1Cl)C(=O)CN(c1ccc(C)cc1)S(=O)(=O)c1ccc(F)cc1. The Labute approximate surface area is 228 Å². The van der Waals surface area contributed by atoms with Gasteiger partial charge in [0.25, 0.3) is 10.0 Å². The molecule has 0 aliphatic heterocycles. The van der Waals surface area contributed by atoms with Crippen LogP contribution in [0.25, 0.3) is 0 Å². The smallest absolute Gasteiger partial charge is 0.264 e. The molecule has 202 valence electrons. The van der Waals surface area contributed by atoms with Crippen LogP contribution < -0.4 is 9.62 Å². The first-order chi connectivity index (χ1) is 18.1. The molecule has 0 saturated heterocycles. The lowest BCUT2D eigenvalue weighted by molar-refractivity contribution is -0.140. The Balaban J connectivity index is 2.06. The quantitative estimate of drug-likeness (QED) is 0.361. The van der Waals surface area contributed by atoms with Gasteiger partial charge in [-0.2, -0.15) is 0 Å². The number of anilines is 1. The number of benzene rings is 3. The number of rotatable bonds is 11. The average molecular weight is 560 g/mol. The Morgan fingerprint density at radius 1 is 0.974 bits per heavy atom. The Bertz CT molecular complexity index is 1370. The number of nitrogens with zero attached hydrogens (tertiary/aromatic N) is 2. The van der Waals surface area contributed by atoms with Crippen LogP contribution in [0, 0.1) is 12.7 Å². The summed E-state index contributed by atoms with van der Waals surface area (Å²) in [5.74, 6) is -1.52. The van der Waals surface area contributed by atoms with Gasteiger partial charge >= 0.3 is 0 Å². The number of amides is 2. The van der Waals surface area contributed by atoms with Gasteiger partial charge in [-0.05, 0) is 68.3 Å². The van der Waals surface area contributed by atoms with Crippen LogP contribution in [0.5, 0.6) is 0 Å². The fraction of sp³-hybridized carbons (Fsp3) is 0.286. The first-order valence-electron chi connectivity index (χ1n) is 12.2. The van der Waals surface area contributed by atoms with Crippen LogP contribution in [0.1, 0.15) is 31.4 Å². The zero-order valence-electron chi connectivity index (χ0n) is 21.5. The second-order valence-corrected chi connectivity index (χ2v) is 11.0. The highest BCUT2D eigenvalue weighted by atomic mass is 35.5. The molecule has 0 bridgehead atoms. The van der Waals surface area contributed by atoms with Gasteiger partial charge in [0.1, 0.15) is 18.4 Å². The Morgan fingerprint density at radius 3 is 2.18 bits per heavy atom. The van der Waals surface area contributed by atoms with Gasteiger partial charge < -0.3 is 10.2 Å². The second-order valence-electron chi connectivity index (χ2n) is 8.73. The molecule has 3 aromatic rings. The van der Waals surface area contributed by atoms with E-state index in [-0.39, 0.29) is 23.0 Å². The van der Waals surface area contributed by atoms with Crippen LogP contribution in [0.3, 0.4) is 0 Å². The van der Waals surface area contributed by atoms with E-state index in [4.69, 9.17) is 11.6 Å². The molecule has 0 saturated carbocycles. The molecule has 3 rings (SSSR count). The zero-order valence-corrected chi connectivity index (χ0v) is 23.1. The van der Waals surface area contributed by atoms with Crippen molar-refractivity contribution >= 4 is 39.1 Å². The summed E-state index contributed by atoms with van der Waals surface area (Å²) in [5.41, 5.74) is 1.78. The van der Waals surface area contributed by atoms with Gasteiger partial charge in [-0.25, -0.2) is 12.8 Å². The number of hydrogen-bond acceptors (Lipinski definition) is 4. The van der Waals surface area contributed by atoms with Crippen molar-refractivity contribution in [3.8, 4) is 0 Å². The van der Waals surface area contributed by atoms with Gasteiger partial charge in [0.05, 0.1) is 10.6 Å². The molecule has 0 aliphatic rings. The van der Waals surface area contributed by atoms with Crippen LogP contribution in [0.15, 0.2) is 77.7 Å². The summed E-state index contributed by atoms with van der Waals surface area (Å²) in [7, 11) is -4.26. The maximum atomic E-state index is 13.9. The Kier molecular flexibility index (Phi) is 9.88. The number of aryl methyl sites for hydroxylation is 1. The van der Waals surface area contributed by atoms with E-state index in [0.717, 1.165) is 34.1 Å². The highest BCUT2D eigenvalue weighted by Crippen LogP contribution is 2.26. The summed E-state index contributed by atoms with van der Waals surface area (Å²) in [5, 5.41) is 3.17. The maximum absolute atomic E-state index is 13.9. The van der Waals surface area contributed by atoms with Gasteiger partial charge in [-0.15, -0.1) is 0 Å². The molecule has 2 amide bonds. The second kappa shape index (κ2) is 12.9. The lowest BCUT2D eigenvalue weighted by atomic mass is 10.1.